The van der Waals surface area contributed by atoms with Crippen LogP contribution in [-0.4, -0.2) is 81.3 Å². The fourth-order valence-corrected chi connectivity index (χ4v) is 7.09. The molecule has 2 amide bonds. The molecule has 0 aliphatic carbocycles. The van der Waals surface area contributed by atoms with Gasteiger partial charge in [-0.15, -0.1) is 0 Å². The van der Waals surface area contributed by atoms with E-state index in [1.165, 1.54) is 18.3 Å². The van der Waals surface area contributed by atoms with Crippen LogP contribution in [0.1, 0.15) is 38.8 Å². The van der Waals surface area contributed by atoms with Gasteiger partial charge in [-0.25, -0.2) is 13.0 Å². The number of aliphatic hydroxyl groups excluding tert-OH is 1. The highest BCUT2D eigenvalue weighted by Gasteiger charge is 2.36. The summed E-state index contributed by atoms with van der Waals surface area (Å²) in [5, 5.41) is 34.4. The van der Waals surface area contributed by atoms with Gasteiger partial charge in [0, 0.05) is 32.0 Å². The third kappa shape index (κ3) is 8.44. The van der Waals surface area contributed by atoms with Crippen LogP contribution in [0.2, 0.25) is 0 Å². The summed E-state index contributed by atoms with van der Waals surface area (Å²) >= 11 is 0. The Hall–Kier alpha value is -4.40. The Kier molecular flexibility index (Phi) is 11.4. The maximum absolute atomic E-state index is 14.0. The lowest BCUT2D eigenvalue weighted by Crippen LogP contribution is -2.59. The Balaban J connectivity index is 1.65. The molecule has 2 aromatic heterocycles. The van der Waals surface area contributed by atoms with Gasteiger partial charge >= 0.3 is 0 Å². The Morgan fingerprint density at radius 1 is 0.957 bits per heavy atom. The average Bonchev–Trinajstić information content (AvgIpc) is 3.50. The van der Waals surface area contributed by atoms with E-state index >= 15 is 0 Å². The van der Waals surface area contributed by atoms with Gasteiger partial charge in [-0.2, -0.15) is 4.31 Å². The summed E-state index contributed by atoms with van der Waals surface area (Å²) in [5.41, 5.74) is 1.68. The van der Waals surface area contributed by atoms with Gasteiger partial charge in [0.15, 0.2) is 5.52 Å². The number of carboxylic acid groups (broad SMARTS) is 1. The van der Waals surface area contributed by atoms with E-state index in [1.54, 1.807) is 38.2 Å². The van der Waals surface area contributed by atoms with E-state index in [2.05, 4.69) is 20.6 Å². The number of nitrogens with zero attached hydrogens (tertiary/aromatic N) is 5. The summed E-state index contributed by atoms with van der Waals surface area (Å²) in [5.74, 6) is -1.24. The third-order valence-corrected chi connectivity index (χ3v) is 9.33. The van der Waals surface area contributed by atoms with Gasteiger partial charge < -0.3 is 25.2 Å². The van der Waals surface area contributed by atoms with Crippen LogP contribution >= 0.6 is 0 Å². The van der Waals surface area contributed by atoms with Crippen LogP contribution in [0.25, 0.3) is 11.0 Å². The van der Waals surface area contributed by atoms with Crippen molar-refractivity contribution in [2.45, 2.75) is 63.7 Å². The molecule has 13 nitrogen and oxygen atoms in total. The Morgan fingerprint density at radius 3 is 2.30 bits per heavy atom. The molecule has 2 heterocycles. The van der Waals surface area contributed by atoms with E-state index in [9.17, 15) is 28.2 Å². The monoisotopic (exact) mass is 651 g/mol. The van der Waals surface area contributed by atoms with E-state index in [0.717, 1.165) is 14.8 Å². The van der Waals surface area contributed by atoms with Crippen molar-refractivity contribution in [1.29, 1.82) is 0 Å². The quantitative estimate of drug-likeness (QED) is 0.193. The first-order valence-electron chi connectivity index (χ1n) is 15.0. The van der Waals surface area contributed by atoms with Gasteiger partial charge in [0.05, 0.1) is 12.1 Å². The number of sulfonamides is 1. The number of aliphatic hydroxyl groups is 1. The maximum atomic E-state index is 14.0. The van der Waals surface area contributed by atoms with Crippen LogP contribution in [0.4, 0.5) is 4.79 Å². The summed E-state index contributed by atoms with van der Waals surface area (Å²) in [4.78, 5) is 31.0. The van der Waals surface area contributed by atoms with Gasteiger partial charge in [-0.1, -0.05) is 70.2 Å². The van der Waals surface area contributed by atoms with Crippen molar-refractivity contribution in [2.24, 2.45) is 11.8 Å². The first-order valence-corrected chi connectivity index (χ1v) is 16.4. The smallest absolute Gasteiger partial charge is 0.245 e. The second-order valence-electron chi connectivity index (χ2n) is 11.9. The molecule has 0 fully saturated rings. The number of carbonyl (C=O) groups excluding carboxylic acids is 2. The van der Waals surface area contributed by atoms with E-state index < -0.39 is 46.1 Å². The lowest BCUT2D eigenvalue weighted by molar-refractivity contribution is -0.269. The highest BCUT2D eigenvalue weighted by molar-refractivity contribution is 7.89. The SMILES string of the molecule is CC(C)CN(C[C@@H](O)[C@H](Cc1ccccc1)NC(=O)[C@H](C(C)C)N(Cc1cccnc1)C(=O)[O-])S(=O)(=O)c1cccc2nonc12. The van der Waals surface area contributed by atoms with Crippen molar-refractivity contribution < 1.29 is 32.8 Å². The second kappa shape index (κ2) is 15.3. The van der Waals surface area contributed by atoms with Gasteiger partial charge in [-0.05, 0) is 57.9 Å². The molecule has 0 radical (unpaired) electrons. The Bertz CT molecular complexity index is 1700. The highest BCUT2D eigenvalue weighted by Crippen LogP contribution is 2.25. The van der Waals surface area contributed by atoms with Crippen LogP contribution < -0.4 is 10.4 Å². The molecule has 14 heteroatoms. The molecule has 2 N–H and O–H groups in total. The molecule has 0 saturated heterocycles. The van der Waals surface area contributed by atoms with Crippen LogP contribution in [0.5, 0.6) is 0 Å². The number of benzene rings is 2. The summed E-state index contributed by atoms with van der Waals surface area (Å²) < 4.78 is 33.9. The van der Waals surface area contributed by atoms with Crippen LogP contribution in [0, 0.1) is 11.8 Å². The number of aromatic nitrogens is 3. The Labute approximate surface area is 268 Å². The number of amides is 2. The molecule has 246 valence electrons. The van der Waals surface area contributed by atoms with Crippen LogP contribution in [0.15, 0.2) is 82.6 Å². The number of hydrogen-bond acceptors (Lipinski definition) is 10. The second-order valence-corrected chi connectivity index (χ2v) is 13.8. The van der Waals surface area contributed by atoms with Gasteiger partial charge in [-0.3, -0.25) is 9.78 Å². The average molecular weight is 652 g/mol. The zero-order valence-corrected chi connectivity index (χ0v) is 27.0. The molecule has 0 aliphatic rings. The fourth-order valence-electron chi connectivity index (χ4n) is 5.33. The van der Waals surface area contributed by atoms with Crippen molar-refractivity contribution >= 4 is 33.1 Å². The fraction of sp³-hybridized carbons (Fsp3) is 0.406. The molecule has 0 bridgehead atoms. The normalized spacial score (nSPS) is 14.0. The molecule has 46 heavy (non-hydrogen) atoms. The van der Waals surface area contributed by atoms with Gasteiger partial charge in [0.1, 0.15) is 22.5 Å². The highest BCUT2D eigenvalue weighted by atomic mass is 32.2. The molecular weight excluding hydrogens is 612 g/mol. The van der Waals surface area contributed by atoms with Crippen molar-refractivity contribution in [3.8, 4) is 0 Å². The predicted molar refractivity (Wildman–Crippen MR) is 167 cm³/mol. The molecule has 3 atom stereocenters. The summed E-state index contributed by atoms with van der Waals surface area (Å²) in [6.45, 7) is 6.67. The first kappa shape index (κ1) is 34.5. The molecule has 0 saturated carbocycles. The van der Waals surface area contributed by atoms with E-state index in [-0.39, 0.29) is 47.9 Å². The molecule has 2 aromatic carbocycles. The molecular formula is C32H39N6O7S-. The van der Waals surface area contributed by atoms with E-state index in [0.29, 0.717) is 5.56 Å². The first-order chi connectivity index (χ1) is 21.9. The zero-order valence-electron chi connectivity index (χ0n) is 26.2. The lowest BCUT2D eigenvalue weighted by Gasteiger charge is -2.37. The van der Waals surface area contributed by atoms with Crippen molar-refractivity contribution in [1.82, 2.24) is 29.8 Å². The predicted octanol–water partition coefficient (Wildman–Crippen LogP) is 2.22. The Morgan fingerprint density at radius 2 is 1.67 bits per heavy atom. The number of fused-ring (bicyclic) bond motifs is 1. The lowest BCUT2D eigenvalue weighted by atomic mass is 9.97. The third-order valence-electron chi connectivity index (χ3n) is 7.46. The van der Waals surface area contributed by atoms with Crippen molar-refractivity contribution in [2.75, 3.05) is 13.1 Å². The van der Waals surface area contributed by atoms with Crippen molar-refractivity contribution in [3.63, 3.8) is 0 Å². The minimum Gasteiger partial charge on any atom is -0.530 e. The summed E-state index contributed by atoms with van der Waals surface area (Å²) in [6, 6.07) is 14.8. The van der Waals surface area contributed by atoms with Gasteiger partial charge in [0.25, 0.3) is 0 Å². The number of carbonyl (C=O) groups is 2. The standard InChI is InChI=1S/C32H40N6O7S/c1-21(2)18-37(46(43,44)28-14-8-13-25-29(28)36-45-35-25)20-27(39)26(16-23-10-6-5-7-11-23)34-31(40)30(22(3)4)38(32(41)42)19-24-12-9-15-33-17-24/h5-15,17,21-22,26-27,30,39H,16,18-20H2,1-4H3,(H,34,40)(H,41,42)/p-1/t26-,27+,30-/m0/s1. The number of hydrogen-bond donors (Lipinski definition) is 2. The zero-order chi connectivity index (χ0) is 33.4. The van der Waals surface area contributed by atoms with Crippen LogP contribution in [-0.2, 0) is 27.8 Å². The van der Waals surface area contributed by atoms with Crippen LogP contribution in [0.3, 0.4) is 0 Å². The molecule has 0 aliphatic heterocycles. The van der Waals surface area contributed by atoms with Gasteiger partial charge in [0.2, 0.25) is 15.9 Å². The minimum absolute atomic E-state index is 0.0608. The molecule has 4 aromatic rings. The number of nitrogens with one attached hydrogen (secondary N) is 1. The topological polar surface area (TPSA) is 182 Å². The largest absolute Gasteiger partial charge is 0.530 e. The van der Waals surface area contributed by atoms with E-state index in [4.69, 9.17) is 4.63 Å². The molecule has 4 rings (SSSR count). The molecule has 0 unspecified atom stereocenters. The summed E-state index contributed by atoms with van der Waals surface area (Å²) in [6.07, 6.45) is 0.275. The van der Waals surface area contributed by atoms with E-state index in [1.807, 2.05) is 44.2 Å². The molecule has 0 spiro atoms. The maximum Gasteiger partial charge on any atom is 0.245 e. The number of pyridine rings is 1. The summed E-state index contributed by atoms with van der Waals surface area (Å²) in [7, 11) is -4.21. The number of rotatable bonds is 15. The van der Waals surface area contributed by atoms with Crippen molar-refractivity contribution in [3.05, 3.63) is 84.2 Å². The minimum atomic E-state index is -4.21.